The smallest absolute Gasteiger partial charge is 0.339 e. The largest absolute Gasteiger partial charge is 0.478 e. The van der Waals surface area contributed by atoms with Crippen molar-refractivity contribution in [3.8, 4) is 0 Å². The number of carbonyl (C=O) groups excluding carboxylic acids is 1. The topological polar surface area (TPSA) is 70.8 Å². The molecule has 0 aliphatic heterocycles. The fourth-order valence-electron chi connectivity index (χ4n) is 2.45. The van der Waals surface area contributed by atoms with Gasteiger partial charge in [0.15, 0.2) is 5.76 Å². The van der Waals surface area contributed by atoms with Crippen molar-refractivity contribution >= 4 is 17.6 Å². The van der Waals surface area contributed by atoms with Crippen LogP contribution in [0, 0.1) is 0 Å². The Kier molecular flexibility index (Phi) is 4.83. The van der Waals surface area contributed by atoms with Crippen molar-refractivity contribution in [1.29, 1.82) is 0 Å². The van der Waals surface area contributed by atoms with Crippen LogP contribution in [0.3, 0.4) is 0 Å². The van der Waals surface area contributed by atoms with Gasteiger partial charge in [-0.3, -0.25) is 4.79 Å². The van der Waals surface area contributed by atoms with Gasteiger partial charge < -0.3 is 14.4 Å². The highest BCUT2D eigenvalue weighted by molar-refractivity contribution is 6.05. The Morgan fingerprint density at radius 3 is 2.17 bits per heavy atom. The summed E-state index contributed by atoms with van der Waals surface area (Å²) in [6, 6.07) is 9.02. The van der Waals surface area contributed by atoms with Crippen LogP contribution in [-0.2, 0) is 11.8 Å². The summed E-state index contributed by atoms with van der Waals surface area (Å²) < 4.78 is 5.44. The van der Waals surface area contributed by atoms with Crippen LogP contribution in [0.25, 0.3) is 0 Å². The van der Waals surface area contributed by atoms with E-state index in [4.69, 9.17) is 9.52 Å². The molecule has 0 fully saturated rings. The number of carboxylic acids is 1. The van der Waals surface area contributed by atoms with Crippen molar-refractivity contribution in [2.45, 2.75) is 39.5 Å². The van der Waals surface area contributed by atoms with Gasteiger partial charge in [-0.25, -0.2) is 4.79 Å². The van der Waals surface area contributed by atoms with Gasteiger partial charge in [0.2, 0.25) is 0 Å². The molecule has 0 atom stereocenters. The van der Waals surface area contributed by atoms with Crippen molar-refractivity contribution in [3.63, 3.8) is 0 Å². The van der Waals surface area contributed by atoms with E-state index in [1.165, 1.54) is 16.5 Å². The molecule has 1 N–H and O–H groups in total. The molecule has 0 bridgehead atoms. The van der Waals surface area contributed by atoms with Gasteiger partial charge in [-0.2, -0.15) is 0 Å². The summed E-state index contributed by atoms with van der Waals surface area (Å²) in [6.07, 6.45) is 0.416. The lowest BCUT2D eigenvalue weighted by Crippen LogP contribution is -2.26. The highest BCUT2D eigenvalue weighted by atomic mass is 16.4. The predicted octanol–water partition coefficient (Wildman–Crippen LogP) is 4.11. The fraction of sp³-hybridized carbons (Fsp3) is 0.368. The number of hydrogen-bond acceptors (Lipinski definition) is 3. The quantitative estimate of drug-likeness (QED) is 0.916. The molecule has 1 amide bonds. The number of anilines is 1. The molecular weight excluding hydrogens is 306 g/mol. The third-order valence-corrected chi connectivity index (χ3v) is 4.00. The van der Waals surface area contributed by atoms with E-state index in [0.29, 0.717) is 12.2 Å². The summed E-state index contributed by atoms with van der Waals surface area (Å²) in [6.45, 7) is 8.16. The van der Waals surface area contributed by atoms with E-state index in [9.17, 15) is 9.59 Å². The first kappa shape index (κ1) is 17.8. The van der Waals surface area contributed by atoms with Gasteiger partial charge >= 0.3 is 5.97 Å². The summed E-state index contributed by atoms with van der Waals surface area (Å²) in [5.74, 6) is -1.12. The van der Waals surface area contributed by atoms with Crippen LogP contribution in [0.4, 0.5) is 5.69 Å². The summed E-state index contributed by atoms with van der Waals surface area (Å²) in [4.78, 5) is 25.2. The molecule has 128 valence electrons. The van der Waals surface area contributed by atoms with Crippen molar-refractivity contribution < 1.29 is 19.1 Å². The van der Waals surface area contributed by atoms with E-state index in [1.807, 2.05) is 24.3 Å². The molecule has 0 aliphatic rings. The van der Waals surface area contributed by atoms with Crippen LogP contribution in [0.15, 0.2) is 34.7 Å². The van der Waals surface area contributed by atoms with Crippen molar-refractivity contribution in [2.75, 3.05) is 11.9 Å². The first-order chi connectivity index (χ1) is 11.1. The number of furan rings is 1. The van der Waals surface area contributed by atoms with E-state index in [2.05, 4.69) is 20.8 Å². The zero-order valence-electron chi connectivity index (χ0n) is 14.7. The fourth-order valence-corrected chi connectivity index (χ4v) is 2.45. The maximum absolute atomic E-state index is 12.6. The lowest BCUT2D eigenvalue weighted by atomic mass is 9.87. The summed E-state index contributed by atoms with van der Waals surface area (Å²) in [5.41, 5.74) is 1.97. The zero-order valence-corrected chi connectivity index (χ0v) is 14.7. The molecule has 1 heterocycles. The molecule has 0 aliphatic carbocycles. The van der Waals surface area contributed by atoms with Gasteiger partial charge in [-0.1, -0.05) is 39.8 Å². The lowest BCUT2D eigenvalue weighted by Gasteiger charge is -2.21. The number of aromatic carboxylic acids is 1. The summed E-state index contributed by atoms with van der Waals surface area (Å²) in [7, 11) is 1.64. The average molecular weight is 329 g/mol. The number of carbonyl (C=O) groups is 2. The Bertz CT molecular complexity index is 751. The molecule has 1 aromatic heterocycles. The Labute approximate surface area is 141 Å². The molecule has 0 unspecified atom stereocenters. The average Bonchev–Trinajstić information content (AvgIpc) is 2.97. The monoisotopic (exact) mass is 329 g/mol. The standard InChI is InChI=1S/C19H23NO4/c1-6-15-14(18(22)23)11-16(24-15)17(21)20(5)13-9-7-12(8-10-13)19(2,3)4/h7-11H,6H2,1-5H3,(H,22,23). The summed E-state index contributed by atoms with van der Waals surface area (Å²) in [5, 5.41) is 9.17. The first-order valence-corrected chi connectivity index (χ1v) is 7.89. The van der Waals surface area contributed by atoms with E-state index in [1.54, 1.807) is 14.0 Å². The number of rotatable bonds is 4. The number of aryl methyl sites for hydroxylation is 1. The third-order valence-electron chi connectivity index (χ3n) is 4.00. The molecule has 0 spiro atoms. The van der Waals surface area contributed by atoms with Gasteiger partial charge in [-0.15, -0.1) is 0 Å². The Balaban J connectivity index is 2.28. The van der Waals surface area contributed by atoms with Crippen molar-refractivity contribution in [1.82, 2.24) is 0 Å². The predicted molar refractivity (Wildman–Crippen MR) is 92.9 cm³/mol. The number of carboxylic acid groups (broad SMARTS) is 1. The SMILES string of the molecule is CCc1oc(C(=O)N(C)c2ccc(C(C)(C)C)cc2)cc1C(=O)O. The normalized spacial score (nSPS) is 11.4. The minimum absolute atomic E-state index is 0.0339. The van der Waals surface area contributed by atoms with Crippen LogP contribution >= 0.6 is 0 Å². The van der Waals surface area contributed by atoms with Crippen LogP contribution in [0.1, 0.15) is 59.9 Å². The second kappa shape index (κ2) is 6.51. The van der Waals surface area contributed by atoms with Crippen molar-refractivity contribution in [3.05, 3.63) is 53.0 Å². The van der Waals surface area contributed by atoms with Gasteiger partial charge in [0.25, 0.3) is 5.91 Å². The van der Waals surface area contributed by atoms with Crippen LogP contribution in [0.5, 0.6) is 0 Å². The van der Waals surface area contributed by atoms with E-state index < -0.39 is 5.97 Å². The second-order valence-electron chi connectivity index (χ2n) is 6.77. The molecule has 2 rings (SSSR count). The van der Waals surface area contributed by atoms with E-state index >= 15 is 0 Å². The molecule has 5 heteroatoms. The van der Waals surface area contributed by atoms with Crippen LogP contribution in [0.2, 0.25) is 0 Å². The maximum atomic E-state index is 12.6. The van der Waals surface area contributed by atoms with Crippen LogP contribution < -0.4 is 4.90 Å². The Morgan fingerprint density at radius 1 is 1.17 bits per heavy atom. The number of nitrogens with zero attached hydrogens (tertiary/aromatic N) is 1. The molecule has 0 radical (unpaired) electrons. The zero-order chi connectivity index (χ0) is 18.1. The molecular formula is C19H23NO4. The lowest BCUT2D eigenvalue weighted by molar-refractivity contribution is 0.0694. The molecule has 1 aromatic carbocycles. The molecule has 24 heavy (non-hydrogen) atoms. The molecule has 5 nitrogen and oxygen atoms in total. The minimum atomic E-state index is -1.09. The number of benzene rings is 1. The van der Waals surface area contributed by atoms with Gasteiger partial charge in [0, 0.05) is 25.2 Å². The number of hydrogen-bond donors (Lipinski definition) is 1. The highest BCUT2D eigenvalue weighted by Crippen LogP contribution is 2.26. The van der Waals surface area contributed by atoms with Crippen molar-refractivity contribution in [2.24, 2.45) is 0 Å². The Hall–Kier alpha value is -2.56. The third kappa shape index (κ3) is 3.50. The molecule has 2 aromatic rings. The second-order valence-corrected chi connectivity index (χ2v) is 6.77. The highest BCUT2D eigenvalue weighted by Gasteiger charge is 2.23. The van der Waals surface area contributed by atoms with Crippen LogP contribution in [-0.4, -0.2) is 24.0 Å². The first-order valence-electron chi connectivity index (χ1n) is 7.89. The van der Waals surface area contributed by atoms with Gasteiger partial charge in [0.1, 0.15) is 11.3 Å². The van der Waals surface area contributed by atoms with E-state index in [0.717, 1.165) is 5.69 Å². The Morgan fingerprint density at radius 2 is 1.75 bits per heavy atom. The van der Waals surface area contributed by atoms with Gasteiger partial charge in [0.05, 0.1) is 0 Å². The number of amides is 1. The summed E-state index contributed by atoms with van der Waals surface area (Å²) >= 11 is 0. The minimum Gasteiger partial charge on any atom is -0.478 e. The molecule has 0 saturated heterocycles. The van der Waals surface area contributed by atoms with E-state index in [-0.39, 0.29) is 22.6 Å². The maximum Gasteiger partial charge on any atom is 0.339 e. The van der Waals surface area contributed by atoms with Gasteiger partial charge in [-0.05, 0) is 23.1 Å². The molecule has 0 saturated carbocycles.